The van der Waals surface area contributed by atoms with Crippen molar-refractivity contribution in [1.29, 1.82) is 0 Å². The molecule has 118 valence electrons. The van der Waals surface area contributed by atoms with Crippen LogP contribution in [0, 0.1) is 0 Å². The number of methoxy groups -OCH3 is 1. The van der Waals surface area contributed by atoms with Crippen LogP contribution in [0.4, 0.5) is 5.69 Å². The summed E-state index contributed by atoms with van der Waals surface area (Å²) < 4.78 is 6.71. The first-order valence-corrected chi connectivity index (χ1v) is 8.34. The number of hydrogen-bond donors (Lipinski definition) is 0. The Morgan fingerprint density at radius 2 is 2.27 bits per heavy atom. The summed E-state index contributed by atoms with van der Waals surface area (Å²) in [6.45, 7) is 0. The van der Waals surface area contributed by atoms with E-state index in [0.717, 1.165) is 5.75 Å². The van der Waals surface area contributed by atoms with Gasteiger partial charge in [0, 0.05) is 25.3 Å². The number of anilines is 1. The predicted molar refractivity (Wildman–Crippen MR) is 89.3 cm³/mol. The van der Waals surface area contributed by atoms with Crippen LogP contribution >= 0.6 is 23.4 Å². The standard InChI is InChI=1S/C14H17ClN4O2S/c1-18(13(20)4-5-22-3)12-9-19(17-14(12)15)10-6-11(21-2)8-16-7-10/h6-9H,4-5H2,1-3H3. The lowest BCUT2D eigenvalue weighted by Gasteiger charge is -2.15. The van der Waals surface area contributed by atoms with Crippen molar-refractivity contribution in [2.24, 2.45) is 0 Å². The molecule has 0 bridgehead atoms. The molecule has 0 saturated heterocycles. The predicted octanol–water partition coefficient (Wildman–Crippen LogP) is 2.65. The third-order valence-electron chi connectivity index (χ3n) is 3.11. The topological polar surface area (TPSA) is 60.2 Å². The lowest BCUT2D eigenvalue weighted by atomic mass is 10.3. The van der Waals surface area contributed by atoms with Crippen molar-refractivity contribution in [3.63, 3.8) is 0 Å². The van der Waals surface area contributed by atoms with Crippen LogP contribution in [0.15, 0.2) is 24.7 Å². The summed E-state index contributed by atoms with van der Waals surface area (Å²) in [5.41, 5.74) is 1.27. The molecule has 0 N–H and O–H groups in total. The zero-order valence-corrected chi connectivity index (χ0v) is 14.2. The lowest BCUT2D eigenvalue weighted by molar-refractivity contribution is -0.117. The summed E-state index contributed by atoms with van der Waals surface area (Å²) in [6.07, 6.45) is 7.38. The SMILES string of the molecule is COc1cncc(-n2cc(N(C)C(=O)CCSC)c(Cl)n2)c1. The highest BCUT2D eigenvalue weighted by Gasteiger charge is 2.17. The second kappa shape index (κ2) is 7.51. The summed E-state index contributed by atoms with van der Waals surface area (Å²) in [7, 11) is 3.26. The maximum atomic E-state index is 12.1. The highest BCUT2D eigenvalue weighted by molar-refractivity contribution is 7.98. The third-order valence-corrected chi connectivity index (χ3v) is 3.99. The number of thioether (sulfide) groups is 1. The zero-order valence-electron chi connectivity index (χ0n) is 12.6. The average molecular weight is 341 g/mol. The first-order chi connectivity index (χ1) is 10.6. The summed E-state index contributed by atoms with van der Waals surface area (Å²) in [5, 5.41) is 4.49. The summed E-state index contributed by atoms with van der Waals surface area (Å²) in [6, 6.07) is 1.79. The minimum absolute atomic E-state index is 0.000401. The molecule has 0 unspecified atom stereocenters. The normalized spacial score (nSPS) is 10.5. The Morgan fingerprint density at radius 1 is 1.50 bits per heavy atom. The van der Waals surface area contributed by atoms with Gasteiger partial charge in [-0.1, -0.05) is 11.6 Å². The molecule has 2 aromatic rings. The molecule has 0 fully saturated rings. The molecule has 2 heterocycles. The molecule has 2 aromatic heterocycles. The molecule has 0 saturated carbocycles. The highest BCUT2D eigenvalue weighted by Crippen LogP contribution is 2.26. The monoisotopic (exact) mass is 340 g/mol. The van der Waals surface area contributed by atoms with Crippen LogP contribution in [0.2, 0.25) is 5.15 Å². The molecule has 22 heavy (non-hydrogen) atoms. The highest BCUT2D eigenvalue weighted by atomic mass is 35.5. The van der Waals surface area contributed by atoms with E-state index in [-0.39, 0.29) is 11.1 Å². The van der Waals surface area contributed by atoms with E-state index in [1.54, 1.807) is 55.3 Å². The fraction of sp³-hybridized carbons (Fsp3) is 0.357. The largest absolute Gasteiger partial charge is 0.495 e. The van der Waals surface area contributed by atoms with Crippen LogP contribution in [0.1, 0.15) is 6.42 Å². The fourth-order valence-corrected chi connectivity index (χ4v) is 2.47. The van der Waals surface area contributed by atoms with Crippen molar-refractivity contribution >= 4 is 35.0 Å². The Labute approximate surface area is 138 Å². The van der Waals surface area contributed by atoms with E-state index in [4.69, 9.17) is 16.3 Å². The molecule has 1 amide bonds. The zero-order chi connectivity index (χ0) is 16.1. The van der Waals surface area contributed by atoms with Gasteiger partial charge in [-0.3, -0.25) is 9.78 Å². The van der Waals surface area contributed by atoms with Crippen LogP contribution in [-0.4, -0.2) is 46.8 Å². The van der Waals surface area contributed by atoms with Crippen LogP contribution < -0.4 is 9.64 Å². The number of nitrogens with zero attached hydrogens (tertiary/aromatic N) is 4. The van der Waals surface area contributed by atoms with E-state index in [2.05, 4.69) is 10.1 Å². The van der Waals surface area contributed by atoms with Gasteiger partial charge in [0.15, 0.2) is 5.15 Å². The van der Waals surface area contributed by atoms with Gasteiger partial charge in [-0.2, -0.15) is 16.9 Å². The van der Waals surface area contributed by atoms with E-state index in [0.29, 0.717) is 23.5 Å². The maximum Gasteiger partial charge on any atom is 0.227 e. The van der Waals surface area contributed by atoms with Gasteiger partial charge < -0.3 is 9.64 Å². The minimum Gasteiger partial charge on any atom is -0.495 e. The van der Waals surface area contributed by atoms with Gasteiger partial charge in [-0.05, 0) is 6.26 Å². The number of aromatic nitrogens is 3. The number of hydrogen-bond acceptors (Lipinski definition) is 5. The van der Waals surface area contributed by atoms with E-state index in [1.807, 2.05) is 6.26 Å². The molecule has 0 aromatic carbocycles. The fourth-order valence-electron chi connectivity index (χ4n) is 1.84. The molecular weight excluding hydrogens is 324 g/mol. The minimum atomic E-state index is -0.000401. The molecule has 0 aliphatic heterocycles. The van der Waals surface area contributed by atoms with Crippen molar-refractivity contribution in [1.82, 2.24) is 14.8 Å². The molecule has 0 aliphatic carbocycles. The number of rotatable bonds is 6. The number of carbonyl (C=O) groups excluding carboxylic acids is 1. The first kappa shape index (κ1) is 16.6. The van der Waals surface area contributed by atoms with E-state index < -0.39 is 0 Å². The van der Waals surface area contributed by atoms with E-state index in [9.17, 15) is 4.79 Å². The molecule has 0 atom stereocenters. The Bertz CT molecular complexity index is 662. The summed E-state index contributed by atoms with van der Waals surface area (Å²) in [5.74, 6) is 1.39. The van der Waals surface area contributed by atoms with Gasteiger partial charge in [0.05, 0.1) is 31.4 Å². The lowest BCUT2D eigenvalue weighted by Crippen LogP contribution is -2.26. The van der Waals surface area contributed by atoms with Gasteiger partial charge in [-0.25, -0.2) is 4.68 Å². The molecule has 0 spiro atoms. The number of amides is 1. The Kier molecular flexibility index (Phi) is 5.68. The molecule has 0 radical (unpaired) electrons. The van der Waals surface area contributed by atoms with Crippen LogP contribution in [0.3, 0.4) is 0 Å². The van der Waals surface area contributed by atoms with E-state index in [1.165, 1.54) is 4.90 Å². The second-order valence-electron chi connectivity index (χ2n) is 4.53. The van der Waals surface area contributed by atoms with Gasteiger partial charge in [-0.15, -0.1) is 0 Å². The van der Waals surface area contributed by atoms with Crippen LogP contribution in [0.25, 0.3) is 5.69 Å². The number of halogens is 1. The number of pyridine rings is 1. The van der Waals surface area contributed by atoms with Crippen molar-refractivity contribution < 1.29 is 9.53 Å². The van der Waals surface area contributed by atoms with Crippen molar-refractivity contribution in [2.75, 3.05) is 31.1 Å². The third kappa shape index (κ3) is 3.72. The van der Waals surface area contributed by atoms with Gasteiger partial charge in [0.2, 0.25) is 5.91 Å². The van der Waals surface area contributed by atoms with Gasteiger partial charge >= 0.3 is 0 Å². The Balaban J connectivity index is 2.25. The van der Waals surface area contributed by atoms with Crippen molar-refractivity contribution in [2.45, 2.75) is 6.42 Å². The molecular formula is C14H17ClN4O2S. The van der Waals surface area contributed by atoms with Gasteiger partial charge in [0.25, 0.3) is 0 Å². The first-order valence-electron chi connectivity index (χ1n) is 6.57. The maximum absolute atomic E-state index is 12.1. The number of ether oxygens (including phenoxy) is 1. The van der Waals surface area contributed by atoms with Crippen LogP contribution in [0.5, 0.6) is 5.75 Å². The summed E-state index contributed by atoms with van der Waals surface area (Å²) >= 11 is 7.79. The smallest absolute Gasteiger partial charge is 0.227 e. The van der Waals surface area contributed by atoms with Crippen molar-refractivity contribution in [3.8, 4) is 11.4 Å². The quantitative estimate of drug-likeness (QED) is 0.809. The molecule has 0 aliphatic rings. The second-order valence-corrected chi connectivity index (χ2v) is 5.87. The van der Waals surface area contributed by atoms with E-state index >= 15 is 0 Å². The average Bonchev–Trinajstić information content (AvgIpc) is 2.93. The van der Waals surface area contributed by atoms with Crippen LogP contribution in [-0.2, 0) is 4.79 Å². The van der Waals surface area contributed by atoms with Crippen molar-refractivity contribution in [3.05, 3.63) is 29.8 Å². The number of carbonyl (C=O) groups is 1. The molecule has 8 heteroatoms. The Hall–Kier alpha value is -1.73. The van der Waals surface area contributed by atoms with Gasteiger partial charge in [0.1, 0.15) is 11.4 Å². The molecule has 2 rings (SSSR count). The molecule has 6 nitrogen and oxygen atoms in total. The summed E-state index contributed by atoms with van der Waals surface area (Å²) in [4.78, 5) is 17.7. The Morgan fingerprint density at radius 3 is 2.95 bits per heavy atom.